The number of hydrogen-bond donors (Lipinski definition) is 1. The Hall–Kier alpha value is -5.83. The van der Waals surface area contributed by atoms with E-state index in [1.165, 1.54) is 0 Å². The van der Waals surface area contributed by atoms with E-state index in [1.807, 2.05) is 109 Å². The van der Waals surface area contributed by atoms with Crippen LogP contribution in [0.2, 0.25) is 0 Å². The van der Waals surface area contributed by atoms with E-state index in [9.17, 15) is 0 Å². The smallest absolute Gasteiger partial charge is 0.227 e. The highest BCUT2D eigenvalue weighted by Gasteiger charge is 2.61. The number of rotatable bonds is 7. The summed E-state index contributed by atoms with van der Waals surface area (Å²) >= 11 is 7.86. The van der Waals surface area contributed by atoms with E-state index in [0.29, 0.717) is 0 Å². The van der Waals surface area contributed by atoms with Gasteiger partial charge in [-0.3, -0.25) is 0 Å². The van der Waals surface area contributed by atoms with Crippen LogP contribution in [-0.4, -0.2) is 32.8 Å². The molecule has 0 atom stereocenters. The predicted octanol–water partition coefficient (Wildman–Crippen LogP) is 10.6. The molecular weight excluding hydrogens is 784 g/mol. The lowest BCUT2D eigenvalue weighted by Gasteiger charge is -2.39. The van der Waals surface area contributed by atoms with Gasteiger partial charge in [-0.1, -0.05) is 190 Å². The number of H-pyrrole nitrogens is 1. The van der Waals surface area contributed by atoms with Crippen LogP contribution < -0.4 is 0 Å². The van der Waals surface area contributed by atoms with E-state index in [1.54, 1.807) is 18.7 Å². The minimum atomic E-state index is -1.36. The lowest BCUT2D eigenvalue weighted by molar-refractivity contribution is 0.255. The van der Waals surface area contributed by atoms with Gasteiger partial charge < -0.3 is 4.98 Å². The first kappa shape index (κ1) is 34.3. The molecule has 0 amide bonds. The van der Waals surface area contributed by atoms with Gasteiger partial charge in [0.2, 0.25) is 11.3 Å². The molecule has 0 saturated heterocycles. The third-order valence-corrected chi connectivity index (χ3v) is 10.5. The first-order chi connectivity index (χ1) is 26.1. The zero-order chi connectivity index (χ0) is 36.1. The molecule has 1 N–H and O–H groups in total. The third kappa shape index (κ3) is 6.45. The van der Waals surface area contributed by atoms with E-state index in [0.717, 1.165) is 65.2 Å². The van der Waals surface area contributed by atoms with E-state index >= 15 is 0 Å². The molecule has 0 bridgehead atoms. The summed E-state index contributed by atoms with van der Waals surface area (Å²) in [6.07, 6.45) is 5.08. The third-order valence-electron chi connectivity index (χ3n) is 9.12. The van der Waals surface area contributed by atoms with Crippen LogP contribution in [0.3, 0.4) is 0 Å². The average molecular weight is 817 g/mol. The summed E-state index contributed by atoms with van der Waals surface area (Å²) in [5.41, 5.74) is 5.99. The highest BCUT2D eigenvalue weighted by molar-refractivity contribution is 9.10. The summed E-state index contributed by atoms with van der Waals surface area (Å²) in [4.78, 5) is 29.4. The van der Waals surface area contributed by atoms with Gasteiger partial charge in [-0.2, -0.15) is 0 Å². The molecule has 7 aromatic rings. The minimum absolute atomic E-state index is 0.781. The molecule has 1 aromatic heterocycles. The van der Waals surface area contributed by atoms with Gasteiger partial charge in [0.05, 0.1) is 29.2 Å². The second-order valence-corrected chi connectivity index (χ2v) is 14.1. The Labute approximate surface area is 325 Å². The fourth-order valence-electron chi connectivity index (χ4n) is 6.73. The van der Waals surface area contributed by atoms with E-state index in [2.05, 4.69) is 102 Å². The maximum Gasteiger partial charge on any atom is 0.227 e. The number of aliphatic imine (C=N–C) groups is 4. The molecule has 0 unspecified atom stereocenters. The van der Waals surface area contributed by atoms with Crippen molar-refractivity contribution in [3.8, 4) is 0 Å². The van der Waals surface area contributed by atoms with Crippen molar-refractivity contribution >= 4 is 54.7 Å². The topological polar surface area (TPSA) is 78.1 Å². The number of halogens is 2. The number of aromatic amines is 1. The van der Waals surface area contributed by atoms with Crippen molar-refractivity contribution in [1.29, 1.82) is 0 Å². The van der Waals surface area contributed by atoms with Crippen LogP contribution in [0.25, 0.3) is 0 Å². The van der Waals surface area contributed by atoms with Crippen molar-refractivity contribution in [2.24, 2.45) is 20.0 Å². The maximum absolute atomic E-state index is 5.75. The molecule has 8 heteroatoms. The van der Waals surface area contributed by atoms with Crippen LogP contribution in [0.4, 0.5) is 0 Å². The van der Waals surface area contributed by atoms with E-state index in [4.69, 9.17) is 20.0 Å². The molecule has 9 rings (SSSR count). The summed E-state index contributed by atoms with van der Waals surface area (Å²) in [5, 5.41) is 0. The number of benzene rings is 6. The fourth-order valence-corrected chi connectivity index (χ4v) is 7.85. The van der Waals surface area contributed by atoms with E-state index < -0.39 is 11.3 Å². The molecule has 0 spiro atoms. The normalized spacial score (nSPS) is 15.4. The molecule has 6 nitrogen and oxygen atoms in total. The molecule has 0 radical (unpaired) electrons. The summed E-state index contributed by atoms with van der Waals surface area (Å²) in [5.74, 6) is 0. The first-order valence-electron chi connectivity index (χ1n) is 17.1. The van der Waals surface area contributed by atoms with Gasteiger partial charge in [0.15, 0.2) is 0 Å². The lowest BCUT2D eigenvalue weighted by atomic mass is 9.82. The number of aromatic nitrogens is 2. The lowest BCUT2D eigenvalue weighted by Crippen LogP contribution is -2.43. The Kier molecular flexibility index (Phi) is 9.72. The first-order valence-corrected chi connectivity index (χ1v) is 18.7. The zero-order valence-electron chi connectivity index (χ0n) is 28.4. The van der Waals surface area contributed by atoms with E-state index in [-0.39, 0.29) is 0 Å². The van der Waals surface area contributed by atoms with Gasteiger partial charge in [0.1, 0.15) is 0 Å². The van der Waals surface area contributed by atoms with Gasteiger partial charge in [-0.15, -0.1) is 0 Å². The monoisotopic (exact) mass is 814 g/mol. The van der Waals surface area contributed by atoms with Crippen LogP contribution in [-0.2, 0) is 11.3 Å². The maximum atomic E-state index is 5.75. The van der Waals surface area contributed by atoms with Crippen molar-refractivity contribution in [2.75, 3.05) is 0 Å². The second kappa shape index (κ2) is 15.0. The molecule has 53 heavy (non-hydrogen) atoms. The highest BCUT2D eigenvalue weighted by Crippen LogP contribution is 2.56. The van der Waals surface area contributed by atoms with Crippen molar-refractivity contribution < 1.29 is 0 Å². The van der Waals surface area contributed by atoms with Gasteiger partial charge in [-0.05, 0) is 12.1 Å². The number of nitrogens with zero attached hydrogens (tertiary/aromatic N) is 5. The minimum Gasteiger partial charge on any atom is -0.351 e. The quantitative estimate of drug-likeness (QED) is 0.171. The van der Waals surface area contributed by atoms with Crippen LogP contribution in [0.15, 0.2) is 217 Å². The second-order valence-electron chi connectivity index (χ2n) is 12.4. The van der Waals surface area contributed by atoms with Gasteiger partial charge >= 0.3 is 0 Å². The van der Waals surface area contributed by atoms with Gasteiger partial charge in [0, 0.05) is 54.7 Å². The molecule has 0 saturated carbocycles. The van der Waals surface area contributed by atoms with Gasteiger partial charge in [-0.25, -0.2) is 25.0 Å². The van der Waals surface area contributed by atoms with Gasteiger partial charge in [0.25, 0.3) is 0 Å². The van der Waals surface area contributed by atoms with Crippen molar-refractivity contribution in [3.05, 3.63) is 231 Å². The summed E-state index contributed by atoms with van der Waals surface area (Å²) in [6.45, 7) is 0. The molecular formula is C45H32Br2N6. The largest absolute Gasteiger partial charge is 0.351 e. The van der Waals surface area contributed by atoms with Crippen molar-refractivity contribution in [1.82, 2.24) is 9.97 Å². The van der Waals surface area contributed by atoms with Crippen LogP contribution in [0.5, 0.6) is 0 Å². The Balaban J connectivity index is 0.000000740. The number of nitrogens with one attached hydrogen (secondary N) is 1. The molecule has 2 aliphatic heterocycles. The highest BCUT2D eigenvalue weighted by atomic mass is 79.9. The van der Waals surface area contributed by atoms with Crippen LogP contribution in [0, 0.1) is 0 Å². The number of imidazole rings is 1. The molecule has 0 fully saturated rings. The molecule has 3 heterocycles. The van der Waals surface area contributed by atoms with Crippen molar-refractivity contribution in [3.63, 3.8) is 0 Å². The molecule has 256 valence electrons. The summed E-state index contributed by atoms with van der Waals surface area (Å²) < 4.78 is 1.73. The Morgan fingerprint density at radius 2 is 0.679 bits per heavy atom. The molecule has 2 aliphatic rings. The van der Waals surface area contributed by atoms with Crippen LogP contribution >= 0.6 is 31.9 Å². The van der Waals surface area contributed by atoms with Crippen LogP contribution in [0.1, 0.15) is 33.4 Å². The summed E-state index contributed by atoms with van der Waals surface area (Å²) in [7, 11) is 0. The molecule has 0 aliphatic carbocycles. The zero-order valence-corrected chi connectivity index (χ0v) is 31.6. The Morgan fingerprint density at radius 3 is 0.925 bits per heavy atom. The SMILES string of the molecule is Brc1ccccc1C1(C2(c3ccccc3Br)N=C(c3ccccc3)C(c3ccccc3)=N2)N=C(c2ccccc2)C(c2ccccc2)=N1.c1c[nH]cn1. The standard InChI is InChI=1S/C42H28Br2N4.C3H4N2/c43-35-27-15-13-25-33(35)41(45-37(29-17-5-1-6-18-29)38(46-41)30-19-7-2-8-20-30)42(34-26-14-16-28-36(34)44)47-39(31-21-9-3-10-22-31)40(48-42)32-23-11-4-12-24-32;1-2-5-3-4-1/h1-28H;1-3H,(H,4,5). The fraction of sp³-hybridized carbons (Fsp3) is 0.0444. The number of hydrogen-bond acceptors (Lipinski definition) is 5. The Morgan fingerprint density at radius 1 is 0.377 bits per heavy atom. The predicted molar refractivity (Wildman–Crippen MR) is 222 cm³/mol. The van der Waals surface area contributed by atoms with Crippen molar-refractivity contribution in [2.45, 2.75) is 11.3 Å². The average Bonchev–Trinajstić information content (AvgIpc) is 4.02. The Bertz CT molecular complexity index is 2170. The molecule has 6 aromatic carbocycles. The summed E-state index contributed by atoms with van der Waals surface area (Å²) in [6, 6.07) is 57.4.